The summed E-state index contributed by atoms with van der Waals surface area (Å²) in [5.74, 6) is 0. The summed E-state index contributed by atoms with van der Waals surface area (Å²) in [4.78, 5) is 17.6. The van der Waals surface area contributed by atoms with Gasteiger partial charge in [0.15, 0.2) is 0 Å². The smallest absolute Gasteiger partial charge is 0.309 e. The highest BCUT2D eigenvalue weighted by Gasteiger charge is 1.91. The first-order valence-electron chi connectivity index (χ1n) is 3.28. The topological polar surface area (TPSA) is 54.9 Å². The van der Waals surface area contributed by atoms with Crippen LogP contribution in [0.1, 0.15) is 5.69 Å². The molecule has 0 unspecified atom stereocenters. The number of hydrogen-bond donors (Lipinski definition) is 1. The van der Waals surface area contributed by atoms with Crippen molar-refractivity contribution in [2.24, 2.45) is 0 Å². The third-order valence-electron chi connectivity index (χ3n) is 1.19. The highest BCUT2D eigenvalue weighted by molar-refractivity contribution is 5.46. The summed E-state index contributed by atoms with van der Waals surface area (Å²) < 4.78 is 0. The van der Waals surface area contributed by atoms with Crippen molar-refractivity contribution < 1.29 is 4.79 Å². The fraction of sp³-hybridized carbons (Fsp3) is 0.286. The second-order valence-corrected chi connectivity index (χ2v) is 1.98. The summed E-state index contributed by atoms with van der Waals surface area (Å²) in [6.45, 7) is 0.558. The molecule has 1 N–H and O–H groups in total. The van der Waals surface area contributed by atoms with Gasteiger partial charge >= 0.3 is 6.41 Å². The molecular weight excluding hydrogens is 142 g/mol. The highest BCUT2D eigenvalue weighted by atomic mass is 16.1. The summed E-state index contributed by atoms with van der Waals surface area (Å²) in [6, 6.07) is 0. The fourth-order valence-electron chi connectivity index (χ4n) is 0.701. The standard InChI is InChI=1S/C7H8N3O/c11-6-9-2-1-7-5-8-3-4-10-7/h3-5H,1-2H2,(H,9,11). The van der Waals surface area contributed by atoms with Crippen LogP contribution < -0.4 is 5.32 Å². The highest BCUT2D eigenvalue weighted by Crippen LogP contribution is 1.88. The molecule has 1 heterocycles. The van der Waals surface area contributed by atoms with Crippen molar-refractivity contribution in [3.8, 4) is 0 Å². The zero-order valence-corrected chi connectivity index (χ0v) is 5.95. The maximum Gasteiger partial charge on any atom is 0.309 e. The number of nitrogens with one attached hydrogen (secondary N) is 1. The van der Waals surface area contributed by atoms with Crippen LogP contribution in [-0.2, 0) is 11.2 Å². The number of amides is 1. The van der Waals surface area contributed by atoms with E-state index < -0.39 is 0 Å². The van der Waals surface area contributed by atoms with Crippen LogP contribution in [0.25, 0.3) is 0 Å². The molecule has 11 heavy (non-hydrogen) atoms. The number of rotatable bonds is 4. The van der Waals surface area contributed by atoms with Crippen molar-refractivity contribution in [3.05, 3.63) is 24.3 Å². The van der Waals surface area contributed by atoms with E-state index in [-0.39, 0.29) is 0 Å². The van der Waals surface area contributed by atoms with Gasteiger partial charge in [0.05, 0.1) is 5.69 Å². The van der Waals surface area contributed by atoms with Crippen LogP contribution in [0, 0.1) is 0 Å². The van der Waals surface area contributed by atoms with Gasteiger partial charge in [-0.05, 0) is 0 Å². The van der Waals surface area contributed by atoms with Crippen LogP contribution in [0.3, 0.4) is 0 Å². The van der Waals surface area contributed by atoms with E-state index in [4.69, 9.17) is 0 Å². The molecule has 0 aliphatic carbocycles. The normalized spacial score (nSPS) is 9.09. The number of aromatic nitrogens is 2. The molecule has 1 aromatic rings. The monoisotopic (exact) mass is 150 g/mol. The van der Waals surface area contributed by atoms with E-state index in [2.05, 4.69) is 15.3 Å². The Bertz CT molecular complexity index is 212. The van der Waals surface area contributed by atoms with Crippen LogP contribution in [0.2, 0.25) is 0 Å². The Labute approximate surface area is 64.7 Å². The molecule has 0 aromatic carbocycles. The number of hydrogen-bond acceptors (Lipinski definition) is 3. The lowest BCUT2D eigenvalue weighted by Crippen LogP contribution is -2.14. The van der Waals surface area contributed by atoms with Gasteiger partial charge in [-0.15, -0.1) is 0 Å². The summed E-state index contributed by atoms with van der Waals surface area (Å²) in [5, 5.41) is 2.42. The van der Waals surface area contributed by atoms with Gasteiger partial charge in [0.2, 0.25) is 0 Å². The SMILES string of the molecule is O=[C]NCCc1cnccn1. The van der Waals surface area contributed by atoms with Gasteiger partial charge in [0, 0.05) is 31.6 Å². The van der Waals surface area contributed by atoms with Gasteiger partial charge in [-0.1, -0.05) is 0 Å². The minimum absolute atomic E-state index is 0.558. The lowest BCUT2D eigenvalue weighted by Gasteiger charge is -1.96. The minimum atomic E-state index is 0.558. The third-order valence-corrected chi connectivity index (χ3v) is 1.19. The predicted molar refractivity (Wildman–Crippen MR) is 39.4 cm³/mol. The molecule has 1 rings (SSSR count). The first-order chi connectivity index (χ1) is 5.43. The van der Waals surface area contributed by atoms with Gasteiger partial charge in [0.1, 0.15) is 0 Å². The van der Waals surface area contributed by atoms with Crippen LogP contribution in [-0.4, -0.2) is 22.9 Å². The van der Waals surface area contributed by atoms with E-state index in [9.17, 15) is 4.79 Å². The van der Waals surface area contributed by atoms with Gasteiger partial charge in [-0.2, -0.15) is 0 Å². The van der Waals surface area contributed by atoms with E-state index in [1.165, 1.54) is 0 Å². The Morgan fingerprint density at radius 1 is 1.55 bits per heavy atom. The molecule has 0 saturated carbocycles. The molecule has 0 spiro atoms. The predicted octanol–water partition coefficient (Wildman–Crippen LogP) is -0.324. The van der Waals surface area contributed by atoms with Crippen molar-refractivity contribution in [1.82, 2.24) is 15.3 Å². The van der Waals surface area contributed by atoms with Crippen molar-refractivity contribution >= 4 is 6.41 Å². The average molecular weight is 150 g/mol. The van der Waals surface area contributed by atoms with E-state index in [1.807, 2.05) is 0 Å². The first kappa shape index (κ1) is 7.65. The Morgan fingerprint density at radius 3 is 3.09 bits per heavy atom. The second-order valence-electron chi connectivity index (χ2n) is 1.98. The molecule has 1 aromatic heterocycles. The maximum atomic E-state index is 9.72. The second kappa shape index (κ2) is 4.38. The maximum absolute atomic E-state index is 9.72. The summed E-state index contributed by atoms with van der Waals surface area (Å²) in [6.07, 6.45) is 7.20. The largest absolute Gasteiger partial charge is 0.347 e. The number of nitrogens with zero attached hydrogens (tertiary/aromatic N) is 2. The van der Waals surface area contributed by atoms with E-state index in [0.29, 0.717) is 13.0 Å². The van der Waals surface area contributed by atoms with Crippen LogP contribution in [0.15, 0.2) is 18.6 Å². The van der Waals surface area contributed by atoms with E-state index in [0.717, 1.165) is 5.69 Å². The molecule has 0 saturated heterocycles. The van der Waals surface area contributed by atoms with Gasteiger partial charge in [-0.25, -0.2) is 0 Å². The molecule has 57 valence electrons. The molecule has 4 nitrogen and oxygen atoms in total. The van der Waals surface area contributed by atoms with Crippen molar-refractivity contribution in [2.45, 2.75) is 6.42 Å². The first-order valence-corrected chi connectivity index (χ1v) is 3.28. The lowest BCUT2D eigenvalue weighted by molar-refractivity contribution is 0.542. The van der Waals surface area contributed by atoms with Gasteiger partial charge in [0.25, 0.3) is 0 Å². The summed E-state index contributed by atoms with van der Waals surface area (Å²) in [5.41, 5.74) is 0.871. The quantitative estimate of drug-likeness (QED) is 0.472. The Kier molecular flexibility index (Phi) is 3.05. The van der Waals surface area contributed by atoms with Crippen LogP contribution in [0.4, 0.5) is 0 Å². The zero-order chi connectivity index (χ0) is 7.94. The molecule has 0 aliphatic rings. The Morgan fingerprint density at radius 2 is 2.45 bits per heavy atom. The van der Waals surface area contributed by atoms with Crippen LogP contribution in [0.5, 0.6) is 0 Å². The van der Waals surface area contributed by atoms with Crippen molar-refractivity contribution in [3.63, 3.8) is 0 Å². The van der Waals surface area contributed by atoms with Crippen molar-refractivity contribution in [1.29, 1.82) is 0 Å². The molecule has 0 aliphatic heterocycles. The van der Waals surface area contributed by atoms with Gasteiger partial charge < -0.3 is 5.32 Å². The molecule has 1 amide bonds. The Hall–Kier alpha value is -1.45. The van der Waals surface area contributed by atoms with E-state index >= 15 is 0 Å². The van der Waals surface area contributed by atoms with Gasteiger partial charge in [-0.3, -0.25) is 14.8 Å². The summed E-state index contributed by atoms with van der Waals surface area (Å²) >= 11 is 0. The van der Waals surface area contributed by atoms with Crippen molar-refractivity contribution in [2.75, 3.05) is 6.54 Å². The summed E-state index contributed by atoms with van der Waals surface area (Å²) in [7, 11) is 0. The minimum Gasteiger partial charge on any atom is -0.347 e. The molecule has 4 heteroatoms. The molecule has 0 bridgehead atoms. The fourth-order valence-corrected chi connectivity index (χ4v) is 0.701. The zero-order valence-electron chi connectivity index (χ0n) is 5.95. The number of carbonyl (C=O) groups excluding carboxylic acids is 1. The molecule has 0 fully saturated rings. The molecular formula is C7H8N3O. The molecule has 1 radical (unpaired) electrons. The lowest BCUT2D eigenvalue weighted by atomic mass is 10.3. The van der Waals surface area contributed by atoms with Crippen LogP contribution >= 0.6 is 0 Å². The molecule has 0 atom stereocenters. The van der Waals surface area contributed by atoms with E-state index in [1.54, 1.807) is 25.0 Å². The Balaban J connectivity index is 2.33. The third kappa shape index (κ3) is 2.75. The average Bonchev–Trinajstić information content (AvgIpc) is 2.07.